The van der Waals surface area contributed by atoms with Crippen molar-refractivity contribution < 1.29 is 13.2 Å². The number of rotatable bonds is 7. The molecule has 0 radical (unpaired) electrons. The average molecular weight is 423 g/mol. The number of amides is 1. The molecule has 1 N–H and O–H groups in total. The maximum absolute atomic E-state index is 13.0. The molecule has 0 aliphatic carbocycles. The Kier molecular flexibility index (Phi) is 6.57. The predicted molar refractivity (Wildman–Crippen MR) is 121 cm³/mol. The van der Waals surface area contributed by atoms with Gasteiger partial charge in [-0.05, 0) is 42.7 Å². The van der Waals surface area contributed by atoms with E-state index in [0.29, 0.717) is 5.69 Å². The number of benzene rings is 3. The number of aryl methyl sites for hydroxylation is 2. The first-order chi connectivity index (χ1) is 14.2. The first-order valence-corrected chi connectivity index (χ1v) is 11.5. The molecule has 0 saturated heterocycles. The summed E-state index contributed by atoms with van der Waals surface area (Å²) in [5.74, 6) is -0.378. The highest BCUT2D eigenvalue weighted by molar-refractivity contribution is 7.92. The molecule has 1 unspecified atom stereocenters. The average Bonchev–Trinajstić information content (AvgIpc) is 2.70. The minimum absolute atomic E-state index is 0.294. The smallest absolute Gasteiger partial charge is 0.241 e. The van der Waals surface area contributed by atoms with Gasteiger partial charge in [0, 0.05) is 0 Å². The first-order valence-electron chi connectivity index (χ1n) is 9.69. The molecule has 0 heterocycles. The van der Waals surface area contributed by atoms with E-state index < -0.39 is 10.0 Å². The normalized spacial score (nSPS) is 12.2. The highest BCUT2D eigenvalue weighted by Gasteiger charge is 2.23. The fourth-order valence-corrected chi connectivity index (χ4v) is 4.22. The largest absolute Gasteiger partial charge is 0.344 e. The van der Waals surface area contributed by atoms with Gasteiger partial charge in [-0.2, -0.15) is 0 Å². The van der Waals surface area contributed by atoms with Crippen LogP contribution in [0.4, 0.5) is 5.69 Å². The van der Waals surface area contributed by atoms with E-state index >= 15 is 0 Å². The number of sulfonamides is 1. The molecule has 156 valence electrons. The van der Waals surface area contributed by atoms with Crippen LogP contribution in [0, 0.1) is 13.8 Å². The maximum atomic E-state index is 13.0. The van der Waals surface area contributed by atoms with Crippen LogP contribution in [0.15, 0.2) is 78.9 Å². The number of anilines is 1. The quantitative estimate of drug-likeness (QED) is 0.626. The Morgan fingerprint density at radius 1 is 0.867 bits per heavy atom. The zero-order valence-electron chi connectivity index (χ0n) is 17.4. The molecule has 0 bridgehead atoms. The Labute approximate surface area is 178 Å². The predicted octanol–water partition coefficient (Wildman–Crippen LogP) is 3.98. The van der Waals surface area contributed by atoms with Crippen molar-refractivity contribution in [2.75, 3.05) is 17.1 Å². The van der Waals surface area contributed by atoms with E-state index in [-0.39, 0.29) is 18.5 Å². The van der Waals surface area contributed by atoms with Crippen molar-refractivity contribution in [2.45, 2.75) is 19.9 Å². The van der Waals surface area contributed by atoms with Crippen molar-refractivity contribution >= 4 is 21.6 Å². The molecular weight excluding hydrogens is 396 g/mol. The molecule has 3 rings (SSSR count). The van der Waals surface area contributed by atoms with E-state index in [0.717, 1.165) is 32.8 Å². The third-order valence-electron chi connectivity index (χ3n) is 4.79. The van der Waals surface area contributed by atoms with Crippen molar-refractivity contribution in [3.8, 4) is 0 Å². The van der Waals surface area contributed by atoms with E-state index in [1.807, 2.05) is 74.5 Å². The zero-order valence-corrected chi connectivity index (χ0v) is 18.2. The minimum atomic E-state index is -3.63. The standard InChI is InChI=1S/C24H26N2O3S/c1-18-9-7-13-21(15-18)24(20-11-5-4-6-12-20)25-23(27)17-26(30(3,28)29)22-14-8-10-19(2)16-22/h4-16,24H,17H2,1-3H3,(H,25,27). The number of hydrogen-bond donors (Lipinski definition) is 1. The molecule has 3 aromatic rings. The molecule has 0 aliphatic heterocycles. The number of nitrogens with zero attached hydrogens (tertiary/aromatic N) is 1. The number of nitrogens with one attached hydrogen (secondary N) is 1. The van der Waals surface area contributed by atoms with Gasteiger partial charge >= 0.3 is 0 Å². The van der Waals surface area contributed by atoms with Crippen LogP contribution in [-0.4, -0.2) is 27.1 Å². The molecule has 0 aliphatic rings. The summed E-state index contributed by atoms with van der Waals surface area (Å²) in [6.07, 6.45) is 1.11. The van der Waals surface area contributed by atoms with Crippen LogP contribution in [0.5, 0.6) is 0 Å². The highest BCUT2D eigenvalue weighted by Crippen LogP contribution is 2.24. The van der Waals surface area contributed by atoms with Crippen LogP contribution in [0.3, 0.4) is 0 Å². The molecule has 5 nitrogen and oxygen atoms in total. The fraction of sp³-hybridized carbons (Fsp3) is 0.208. The van der Waals surface area contributed by atoms with Gasteiger partial charge in [-0.1, -0.05) is 72.3 Å². The lowest BCUT2D eigenvalue weighted by molar-refractivity contribution is -0.120. The summed E-state index contributed by atoms with van der Waals surface area (Å²) in [7, 11) is -3.63. The van der Waals surface area contributed by atoms with Gasteiger partial charge in [-0.25, -0.2) is 8.42 Å². The van der Waals surface area contributed by atoms with Gasteiger partial charge in [0.2, 0.25) is 15.9 Å². The van der Waals surface area contributed by atoms with Gasteiger partial charge < -0.3 is 5.32 Å². The Morgan fingerprint density at radius 2 is 1.47 bits per heavy atom. The van der Waals surface area contributed by atoms with E-state index in [4.69, 9.17) is 0 Å². The molecule has 3 aromatic carbocycles. The molecule has 0 aromatic heterocycles. The molecule has 1 atom stereocenters. The SMILES string of the molecule is Cc1cccc(C(NC(=O)CN(c2cccc(C)c2)S(C)(=O)=O)c2ccccc2)c1. The summed E-state index contributed by atoms with van der Waals surface area (Å²) in [6.45, 7) is 3.58. The topological polar surface area (TPSA) is 66.5 Å². The van der Waals surface area contributed by atoms with Crippen LogP contribution >= 0.6 is 0 Å². The number of hydrogen-bond acceptors (Lipinski definition) is 3. The Morgan fingerprint density at radius 3 is 2.07 bits per heavy atom. The second-order valence-corrected chi connectivity index (χ2v) is 9.34. The van der Waals surface area contributed by atoms with E-state index in [1.165, 1.54) is 0 Å². The molecule has 0 saturated carbocycles. The summed E-state index contributed by atoms with van der Waals surface area (Å²) in [5, 5.41) is 3.02. The molecule has 1 amide bonds. The first kappa shape index (κ1) is 21.6. The lowest BCUT2D eigenvalue weighted by Gasteiger charge is -2.25. The summed E-state index contributed by atoms with van der Waals surface area (Å²) in [6, 6.07) is 24.3. The van der Waals surface area contributed by atoms with Crippen molar-refractivity contribution in [1.82, 2.24) is 5.32 Å². The molecule has 0 fully saturated rings. The van der Waals surface area contributed by atoms with Gasteiger partial charge in [0.25, 0.3) is 0 Å². The van der Waals surface area contributed by atoms with Crippen molar-refractivity contribution in [3.63, 3.8) is 0 Å². The lowest BCUT2D eigenvalue weighted by Crippen LogP contribution is -2.41. The summed E-state index contributed by atoms with van der Waals surface area (Å²) < 4.78 is 25.9. The van der Waals surface area contributed by atoms with Crippen LogP contribution in [0.25, 0.3) is 0 Å². The second-order valence-electron chi connectivity index (χ2n) is 7.43. The summed E-state index contributed by atoms with van der Waals surface area (Å²) in [4.78, 5) is 13.0. The molecular formula is C24H26N2O3S. The third-order valence-corrected chi connectivity index (χ3v) is 5.93. The summed E-state index contributed by atoms with van der Waals surface area (Å²) >= 11 is 0. The monoisotopic (exact) mass is 422 g/mol. The van der Waals surface area contributed by atoms with Gasteiger partial charge in [-0.15, -0.1) is 0 Å². The Balaban J connectivity index is 1.89. The third kappa shape index (κ3) is 5.48. The van der Waals surface area contributed by atoms with Crippen molar-refractivity contribution in [2.24, 2.45) is 0 Å². The lowest BCUT2D eigenvalue weighted by atomic mass is 9.97. The van der Waals surface area contributed by atoms with E-state index in [1.54, 1.807) is 18.2 Å². The Bertz CT molecular complexity index is 1130. The second kappa shape index (κ2) is 9.13. The molecule has 0 spiro atoms. The highest BCUT2D eigenvalue weighted by atomic mass is 32.2. The number of carbonyl (C=O) groups excluding carboxylic acids is 1. The molecule has 30 heavy (non-hydrogen) atoms. The van der Waals surface area contributed by atoms with Crippen molar-refractivity contribution in [3.05, 3.63) is 101 Å². The van der Waals surface area contributed by atoms with Crippen LogP contribution in [-0.2, 0) is 14.8 Å². The minimum Gasteiger partial charge on any atom is -0.344 e. The fourth-order valence-electron chi connectivity index (χ4n) is 3.37. The van der Waals surface area contributed by atoms with Crippen molar-refractivity contribution in [1.29, 1.82) is 0 Å². The molecule has 6 heteroatoms. The Hall–Kier alpha value is -3.12. The van der Waals surface area contributed by atoms with Gasteiger partial charge in [-0.3, -0.25) is 9.10 Å². The number of carbonyl (C=O) groups is 1. The zero-order chi connectivity index (χ0) is 21.7. The maximum Gasteiger partial charge on any atom is 0.241 e. The van der Waals surface area contributed by atoms with Gasteiger partial charge in [0.1, 0.15) is 6.54 Å². The van der Waals surface area contributed by atoms with Gasteiger partial charge in [0.15, 0.2) is 0 Å². The van der Waals surface area contributed by atoms with E-state index in [2.05, 4.69) is 5.32 Å². The summed E-state index contributed by atoms with van der Waals surface area (Å²) in [5.41, 5.74) is 4.34. The van der Waals surface area contributed by atoms with E-state index in [9.17, 15) is 13.2 Å². The van der Waals surface area contributed by atoms with Crippen LogP contribution in [0.1, 0.15) is 28.3 Å². The van der Waals surface area contributed by atoms with Gasteiger partial charge in [0.05, 0.1) is 18.0 Å². The van der Waals surface area contributed by atoms with Crippen LogP contribution < -0.4 is 9.62 Å². The van der Waals surface area contributed by atoms with Crippen LogP contribution in [0.2, 0.25) is 0 Å².